The standard InChI is InChI=1S/C46H29N5O/c1-5-13-30(14-6-1)43-48-44(31-15-7-2-8-16-31)50-45(49-43)35-22-25-38-37-24-21-33(27-40(37)51(41(38)28-35)36-19-11-4-12-20-36)34-23-26-39-42(29-34)52-46(47-39)32-17-9-3-10-18-32/h1-29H. The first-order valence-corrected chi connectivity index (χ1v) is 17.2. The van der Waals surface area contributed by atoms with Crippen LogP contribution in [0.15, 0.2) is 180 Å². The van der Waals surface area contributed by atoms with Gasteiger partial charge in [-0.3, -0.25) is 0 Å². The number of hydrogen-bond donors (Lipinski definition) is 0. The van der Waals surface area contributed by atoms with Crippen LogP contribution < -0.4 is 0 Å². The number of hydrogen-bond acceptors (Lipinski definition) is 5. The molecule has 0 amide bonds. The highest BCUT2D eigenvalue weighted by atomic mass is 16.3. The van der Waals surface area contributed by atoms with Gasteiger partial charge in [-0.1, -0.05) is 127 Å². The summed E-state index contributed by atoms with van der Waals surface area (Å²) in [5.74, 6) is 2.51. The van der Waals surface area contributed by atoms with Crippen LogP contribution in [0, 0.1) is 0 Å². The first kappa shape index (κ1) is 29.7. The Hall–Kier alpha value is -7.18. The Balaban J connectivity index is 1.14. The maximum absolute atomic E-state index is 6.24. The average molecular weight is 668 g/mol. The minimum atomic E-state index is 0.619. The van der Waals surface area contributed by atoms with Gasteiger partial charge < -0.3 is 8.98 Å². The summed E-state index contributed by atoms with van der Waals surface area (Å²) in [6, 6.07) is 60.1. The number of para-hydroxylation sites is 1. The lowest BCUT2D eigenvalue weighted by molar-refractivity contribution is 0.620. The van der Waals surface area contributed by atoms with Crippen LogP contribution in [0.3, 0.4) is 0 Å². The molecular formula is C46H29N5O. The molecule has 6 nitrogen and oxygen atoms in total. The Morgan fingerprint density at radius 1 is 0.365 bits per heavy atom. The Bertz CT molecular complexity index is 2820. The minimum absolute atomic E-state index is 0.619. The van der Waals surface area contributed by atoms with Crippen LogP contribution in [0.4, 0.5) is 0 Å². The lowest BCUT2D eigenvalue weighted by Gasteiger charge is -2.11. The molecule has 0 fully saturated rings. The molecule has 0 radical (unpaired) electrons. The van der Waals surface area contributed by atoms with E-state index in [4.69, 9.17) is 24.4 Å². The fraction of sp³-hybridized carbons (Fsp3) is 0. The van der Waals surface area contributed by atoms with E-state index in [2.05, 4.69) is 77.4 Å². The lowest BCUT2D eigenvalue weighted by atomic mass is 10.0. The molecular weight excluding hydrogens is 639 g/mol. The van der Waals surface area contributed by atoms with Gasteiger partial charge in [-0.15, -0.1) is 0 Å². The Labute approximate surface area is 299 Å². The molecule has 0 unspecified atom stereocenters. The smallest absolute Gasteiger partial charge is 0.227 e. The monoisotopic (exact) mass is 667 g/mol. The highest BCUT2D eigenvalue weighted by molar-refractivity contribution is 6.11. The van der Waals surface area contributed by atoms with Crippen molar-refractivity contribution in [2.45, 2.75) is 0 Å². The van der Waals surface area contributed by atoms with Crippen molar-refractivity contribution in [2.75, 3.05) is 0 Å². The van der Waals surface area contributed by atoms with Gasteiger partial charge in [-0.05, 0) is 59.7 Å². The van der Waals surface area contributed by atoms with Gasteiger partial charge in [0.1, 0.15) is 5.52 Å². The molecule has 10 rings (SSSR count). The van der Waals surface area contributed by atoms with Crippen molar-refractivity contribution < 1.29 is 4.42 Å². The fourth-order valence-electron chi connectivity index (χ4n) is 6.94. The molecule has 7 aromatic carbocycles. The molecule has 0 saturated carbocycles. The van der Waals surface area contributed by atoms with E-state index in [0.29, 0.717) is 23.4 Å². The molecule has 0 aliphatic rings. The summed E-state index contributed by atoms with van der Waals surface area (Å²) < 4.78 is 8.57. The van der Waals surface area contributed by atoms with E-state index < -0.39 is 0 Å². The van der Waals surface area contributed by atoms with Gasteiger partial charge >= 0.3 is 0 Å². The molecule has 0 aliphatic heterocycles. The van der Waals surface area contributed by atoms with Crippen LogP contribution in [-0.2, 0) is 0 Å². The highest BCUT2D eigenvalue weighted by Crippen LogP contribution is 2.38. The van der Waals surface area contributed by atoms with Crippen LogP contribution in [0.5, 0.6) is 0 Å². The molecule has 0 atom stereocenters. The molecule has 0 spiro atoms. The van der Waals surface area contributed by atoms with Crippen LogP contribution >= 0.6 is 0 Å². The number of benzene rings is 7. The molecule has 0 bridgehead atoms. The van der Waals surface area contributed by atoms with Gasteiger partial charge in [0.2, 0.25) is 5.89 Å². The van der Waals surface area contributed by atoms with Crippen molar-refractivity contribution in [3.8, 4) is 62.4 Å². The van der Waals surface area contributed by atoms with E-state index in [1.54, 1.807) is 0 Å². The van der Waals surface area contributed by atoms with E-state index in [-0.39, 0.29) is 0 Å². The third-order valence-corrected chi connectivity index (χ3v) is 9.48. The topological polar surface area (TPSA) is 69.6 Å². The molecule has 52 heavy (non-hydrogen) atoms. The zero-order valence-corrected chi connectivity index (χ0v) is 27.9. The molecule has 3 heterocycles. The van der Waals surface area contributed by atoms with Crippen molar-refractivity contribution in [1.29, 1.82) is 0 Å². The molecule has 0 aliphatic carbocycles. The first-order valence-electron chi connectivity index (χ1n) is 17.2. The molecule has 6 heteroatoms. The number of fused-ring (bicyclic) bond motifs is 4. The molecule has 0 saturated heterocycles. The summed E-state index contributed by atoms with van der Waals surface area (Å²) in [5, 5.41) is 2.31. The van der Waals surface area contributed by atoms with Gasteiger partial charge in [0, 0.05) is 38.7 Å². The number of oxazole rings is 1. The summed E-state index contributed by atoms with van der Waals surface area (Å²) >= 11 is 0. The van der Waals surface area contributed by atoms with Crippen molar-refractivity contribution in [3.05, 3.63) is 176 Å². The van der Waals surface area contributed by atoms with Crippen molar-refractivity contribution in [1.82, 2.24) is 24.5 Å². The Kier molecular flexibility index (Phi) is 7.03. The third kappa shape index (κ3) is 5.22. The summed E-state index contributed by atoms with van der Waals surface area (Å²) in [5.41, 5.74) is 10.7. The van der Waals surface area contributed by atoms with Crippen molar-refractivity contribution >= 4 is 32.9 Å². The summed E-state index contributed by atoms with van der Waals surface area (Å²) in [7, 11) is 0. The van der Waals surface area contributed by atoms with Gasteiger partial charge in [-0.2, -0.15) is 0 Å². The predicted molar refractivity (Wildman–Crippen MR) is 209 cm³/mol. The zero-order valence-electron chi connectivity index (χ0n) is 27.9. The largest absolute Gasteiger partial charge is 0.436 e. The summed E-state index contributed by atoms with van der Waals surface area (Å²) in [6.07, 6.45) is 0. The molecule has 244 valence electrons. The van der Waals surface area contributed by atoms with Crippen LogP contribution in [0.25, 0.3) is 95.3 Å². The second-order valence-corrected chi connectivity index (χ2v) is 12.7. The second kappa shape index (κ2) is 12.3. The summed E-state index contributed by atoms with van der Waals surface area (Å²) in [6.45, 7) is 0. The quantitative estimate of drug-likeness (QED) is 0.176. The van der Waals surface area contributed by atoms with Crippen molar-refractivity contribution in [3.63, 3.8) is 0 Å². The SMILES string of the molecule is c1ccc(-c2nc(-c3ccccc3)nc(-c3ccc4c5ccc(-c6ccc7nc(-c8ccccc8)oc7c6)cc5n(-c5ccccc5)c4c3)n2)cc1. The normalized spacial score (nSPS) is 11.5. The molecule has 0 N–H and O–H groups in total. The Morgan fingerprint density at radius 3 is 1.42 bits per heavy atom. The average Bonchev–Trinajstić information content (AvgIpc) is 3.80. The van der Waals surface area contributed by atoms with Crippen molar-refractivity contribution in [2.24, 2.45) is 0 Å². The highest BCUT2D eigenvalue weighted by Gasteiger charge is 2.18. The maximum Gasteiger partial charge on any atom is 0.227 e. The van der Waals surface area contributed by atoms with E-state index >= 15 is 0 Å². The zero-order chi connectivity index (χ0) is 34.4. The van der Waals surface area contributed by atoms with Gasteiger partial charge in [-0.25, -0.2) is 19.9 Å². The van der Waals surface area contributed by atoms with E-state index in [0.717, 1.165) is 72.0 Å². The summed E-state index contributed by atoms with van der Waals surface area (Å²) in [4.78, 5) is 19.7. The second-order valence-electron chi connectivity index (χ2n) is 12.7. The van der Waals surface area contributed by atoms with E-state index in [1.807, 2.05) is 103 Å². The first-order chi connectivity index (χ1) is 25.7. The fourth-order valence-corrected chi connectivity index (χ4v) is 6.94. The Morgan fingerprint density at radius 2 is 0.827 bits per heavy atom. The molecule has 3 aromatic heterocycles. The number of aromatic nitrogens is 5. The van der Waals surface area contributed by atoms with E-state index in [1.165, 1.54) is 0 Å². The lowest BCUT2D eigenvalue weighted by Crippen LogP contribution is -2.00. The van der Waals surface area contributed by atoms with Gasteiger partial charge in [0.15, 0.2) is 23.1 Å². The van der Waals surface area contributed by atoms with E-state index in [9.17, 15) is 0 Å². The van der Waals surface area contributed by atoms with Crippen LogP contribution in [0.1, 0.15) is 0 Å². The van der Waals surface area contributed by atoms with Crippen LogP contribution in [-0.4, -0.2) is 24.5 Å². The number of nitrogens with zero attached hydrogens (tertiary/aromatic N) is 5. The predicted octanol–water partition coefficient (Wildman–Crippen LogP) is 11.4. The minimum Gasteiger partial charge on any atom is -0.436 e. The maximum atomic E-state index is 6.24. The molecule has 10 aromatic rings. The van der Waals surface area contributed by atoms with Crippen LogP contribution in [0.2, 0.25) is 0 Å². The number of rotatable bonds is 6. The van der Waals surface area contributed by atoms with Gasteiger partial charge in [0.25, 0.3) is 0 Å². The third-order valence-electron chi connectivity index (χ3n) is 9.48. The van der Waals surface area contributed by atoms with Gasteiger partial charge in [0.05, 0.1) is 11.0 Å².